The number of hydrogen-bond acceptors (Lipinski definition) is 7. The molecule has 2 heterocycles. The molecular formula is C24H22O7. The van der Waals surface area contributed by atoms with E-state index < -0.39 is 17.5 Å². The Hall–Kier alpha value is -3.74. The van der Waals surface area contributed by atoms with Gasteiger partial charge in [0.15, 0.2) is 5.78 Å². The highest BCUT2D eigenvalue weighted by Crippen LogP contribution is 2.45. The summed E-state index contributed by atoms with van der Waals surface area (Å²) in [6, 6.07) is 10.4. The summed E-state index contributed by atoms with van der Waals surface area (Å²) in [4.78, 5) is 25.2. The first kappa shape index (κ1) is 20.5. The predicted octanol–water partition coefficient (Wildman–Crippen LogP) is 3.92. The van der Waals surface area contributed by atoms with Crippen molar-refractivity contribution in [1.29, 1.82) is 0 Å². The van der Waals surface area contributed by atoms with E-state index in [9.17, 15) is 24.9 Å². The zero-order valence-electron chi connectivity index (χ0n) is 17.1. The largest absolute Gasteiger partial charge is 0.507 e. The smallest absolute Gasteiger partial charge is 0.343 e. The van der Waals surface area contributed by atoms with Crippen molar-refractivity contribution < 1.29 is 29.3 Å². The molecule has 2 aromatic carbocycles. The standard InChI is InChI=1S/C24H22O7/c1-3-18-12(2)22(27)15(24(29)31-18)9-14-16(25)10-20-21(23(14)28)17(26)11-19(30-20)13-7-5-4-6-8-13/h4-8,10,19,25,27-28H,3,9,11H2,1-2H3/t19-/m1/s1. The van der Waals surface area contributed by atoms with E-state index in [1.807, 2.05) is 30.3 Å². The van der Waals surface area contributed by atoms with Crippen LogP contribution in [0.2, 0.25) is 0 Å². The summed E-state index contributed by atoms with van der Waals surface area (Å²) >= 11 is 0. The van der Waals surface area contributed by atoms with Crippen molar-refractivity contribution in [2.75, 3.05) is 0 Å². The molecule has 160 valence electrons. The molecule has 31 heavy (non-hydrogen) atoms. The van der Waals surface area contributed by atoms with Crippen molar-refractivity contribution in [2.24, 2.45) is 0 Å². The molecule has 1 aliphatic rings. The first-order valence-corrected chi connectivity index (χ1v) is 9.98. The van der Waals surface area contributed by atoms with Crippen molar-refractivity contribution in [1.82, 2.24) is 0 Å². The predicted molar refractivity (Wildman–Crippen MR) is 112 cm³/mol. The van der Waals surface area contributed by atoms with Crippen LogP contribution < -0.4 is 10.4 Å². The topological polar surface area (TPSA) is 117 Å². The average molecular weight is 422 g/mol. The van der Waals surface area contributed by atoms with E-state index in [2.05, 4.69) is 0 Å². The number of benzene rings is 2. The summed E-state index contributed by atoms with van der Waals surface area (Å²) in [5, 5.41) is 31.8. The number of rotatable bonds is 4. The number of phenols is 2. The third kappa shape index (κ3) is 3.52. The molecule has 0 spiro atoms. The summed E-state index contributed by atoms with van der Waals surface area (Å²) in [5.41, 5.74) is 0.248. The van der Waals surface area contributed by atoms with Crippen LogP contribution >= 0.6 is 0 Å². The number of ether oxygens (including phenoxy) is 1. The molecule has 4 rings (SSSR count). The van der Waals surface area contributed by atoms with E-state index in [0.717, 1.165) is 5.56 Å². The zero-order valence-corrected chi connectivity index (χ0v) is 17.1. The quantitative estimate of drug-likeness (QED) is 0.583. The van der Waals surface area contributed by atoms with E-state index in [1.165, 1.54) is 6.07 Å². The number of phenolic OH excluding ortho intramolecular Hbond substituents is 2. The molecule has 7 nitrogen and oxygen atoms in total. The maximum atomic E-state index is 12.8. The van der Waals surface area contributed by atoms with Gasteiger partial charge in [-0.15, -0.1) is 0 Å². The maximum Gasteiger partial charge on any atom is 0.343 e. The number of carbonyl (C=O) groups excluding carboxylic acids is 1. The number of ketones is 1. The molecule has 0 saturated heterocycles. The molecule has 0 radical (unpaired) electrons. The zero-order chi connectivity index (χ0) is 22.3. The minimum absolute atomic E-state index is 0.0203. The van der Waals surface area contributed by atoms with E-state index in [0.29, 0.717) is 17.7 Å². The summed E-state index contributed by atoms with van der Waals surface area (Å²) in [5.74, 6) is -0.992. The fraction of sp³-hybridized carbons (Fsp3) is 0.250. The van der Waals surface area contributed by atoms with Crippen LogP contribution in [0, 0.1) is 6.92 Å². The van der Waals surface area contributed by atoms with Gasteiger partial charge in [0.05, 0.1) is 12.0 Å². The first-order valence-electron chi connectivity index (χ1n) is 9.98. The summed E-state index contributed by atoms with van der Waals surface area (Å²) in [6.07, 6.45) is -0.393. The van der Waals surface area contributed by atoms with Gasteiger partial charge in [0.2, 0.25) is 0 Å². The summed E-state index contributed by atoms with van der Waals surface area (Å²) in [6.45, 7) is 3.41. The van der Waals surface area contributed by atoms with Crippen molar-refractivity contribution >= 4 is 5.78 Å². The van der Waals surface area contributed by atoms with Crippen LogP contribution in [0.4, 0.5) is 0 Å². The first-order chi connectivity index (χ1) is 14.8. The minimum atomic E-state index is -0.761. The molecule has 1 aromatic heterocycles. The Kier molecular flexibility index (Phi) is 5.19. The fourth-order valence-electron chi connectivity index (χ4n) is 3.90. The molecule has 1 atom stereocenters. The summed E-state index contributed by atoms with van der Waals surface area (Å²) < 4.78 is 11.1. The third-order valence-electron chi connectivity index (χ3n) is 5.63. The Bertz CT molecular complexity index is 1230. The van der Waals surface area contributed by atoms with Crippen molar-refractivity contribution in [2.45, 2.75) is 39.2 Å². The molecular weight excluding hydrogens is 400 g/mol. The van der Waals surface area contributed by atoms with Gasteiger partial charge in [-0.05, 0) is 12.5 Å². The van der Waals surface area contributed by atoms with Gasteiger partial charge in [-0.3, -0.25) is 4.79 Å². The normalized spacial score (nSPS) is 15.4. The lowest BCUT2D eigenvalue weighted by molar-refractivity contribution is 0.0844. The molecule has 0 unspecified atom stereocenters. The Morgan fingerprint density at radius 3 is 2.42 bits per heavy atom. The number of aryl methyl sites for hydroxylation is 1. The SMILES string of the molecule is CCc1oc(=O)c(Cc2c(O)cc3c(c2O)C(=O)C[C@H](c2ccccc2)O3)c(O)c1C. The number of fused-ring (bicyclic) bond motifs is 1. The van der Waals surface area contributed by atoms with Gasteiger partial charge < -0.3 is 24.5 Å². The molecule has 0 bridgehead atoms. The third-order valence-corrected chi connectivity index (χ3v) is 5.63. The van der Waals surface area contributed by atoms with Gasteiger partial charge in [-0.1, -0.05) is 37.3 Å². The molecule has 7 heteroatoms. The van der Waals surface area contributed by atoms with Gasteiger partial charge >= 0.3 is 5.63 Å². The van der Waals surface area contributed by atoms with Gasteiger partial charge in [0, 0.05) is 30.0 Å². The van der Waals surface area contributed by atoms with Crippen LogP contribution in [0.3, 0.4) is 0 Å². The van der Waals surface area contributed by atoms with Crippen LogP contribution in [0.25, 0.3) is 0 Å². The Balaban J connectivity index is 1.75. The fourth-order valence-corrected chi connectivity index (χ4v) is 3.90. The summed E-state index contributed by atoms with van der Waals surface area (Å²) in [7, 11) is 0. The second-order valence-corrected chi connectivity index (χ2v) is 7.54. The molecule has 3 N–H and O–H groups in total. The lowest BCUT2D eigenvalue weighted by Crippen LogP contribution is -2.21. The van der Waals surface area contributed by atoms with Gasteiger partial charge in [0.1, 0.15) is 40.4 Å². The molecule has 1 aliphatic heterocycles. The van der Waals surface area contributed by atoms with Gasteiger partial charge in [-0.2, -0.15) is 0 Å². The van der Waals surface area contributed by atoms with Crippen molar-refractivity contribution in [3.63, 3.8) is 0 Å². The van der Waals surface area contributed by atoms with Crippen LogP contribution in [-0.2, 0) is 12.8 Å². The Morgan fingerprint density at radius 1 is 1.03 bits per heavy atom. The van der Waals surface area contributed by atoms with E-state index in [1.54, 1.807) is 13.8 Å². The molecule has 3 aromatic rings. The molecule has 0 fully saturated rings. The average Bonchev–Trinajstić information content (AvgIpc) is 2.75. The Morgan fingerprint density at radius 2 is 1.74 bits per heavy atom. The second kappa shape index (κ2) is 7.83. The number of Topliss-reactive ketones (excluding diaryl/α,β-unsaturated/α-hetero) is 1. The number of carbonyl (C=O) groups is 1. The van der Waals surface area contributed by atoms with E-state index >= 15 is 0 Å². The van der Waals surface area contributed by atoms with E-state index in [-0.39, 0.29) is 52.6 Å². The van der Waals surface area contributed by atoms with E-state index in [4.69, 9.17) is 9.15 Å². The molecule has 0 saturated carbocycles. The van der Waals surface area contributed by atoms with Crippen LogP contribution in [0.15, 0.2) is 45.6 Å². The highest BCUT2D eigenvalue weighted by atomic mass is 16.5. The lowest BCUT2D eigenvalue weighted by atomic mass is 9.92. The minimum Gasteiger partial charge on any atom is -0.507 e. The van der Waals surface area contributed by atoms with Crippen molar-refractivity contribution in [3.8, 4) is 23.0 Å². The molecule has 0 amide bonds. The highest BCUT2D eigenvalue weighted by molar-refractivity contribution is 6.03. The lowest BCUT2D eigenvalue weighted by Gasteiger charge is -2.27. The number of aromatic hydroxyl groups is 3. The maximum absolute atomic E-state index is 12.8. The monoisotopic (exact) mass is 422 g/mol. The number of hydrogen-bond donors (Lipinski definition) is 3. The van der Waals surface area contributed by atoms with Crippen molar-refractivity contribution in [3.05, 3.63) is 80.4 Å². The highest BCUT2D eigenvalue weighted by Gasteiger charge is 2.33. The van der Waals surface area contributed by atoms with Crippen LogP contribution in [0.1, 0.15) is 57.8 Å². The Labute approximate surface area is 178 Å². The molecule has 0 aliphatic carbocycles. The second-order valence-electron chi connectivity index (χ2n) is 7.54. The van der Waals surface area contributed by atoms with Crippen LogP contribution in [-0.4, -0.2) is 21.1 Å². The van der Waals surface area contributed by atoms with Gasteiger partial charge in [-0.25, -0.2) is 4.79 Å². The van der Waals surface area contributed by atoms with Gasteiger partial charge in [0.25, 0.3) is 0 Å². The van der Waals surface area contributed by atoms with Crippen LogP contribution in [0.5, 0.6) is 23.0 Å².